The van der Waals surface area contributed by atoms with Gasteiger partial charge in [-0.25, -0.2) is 10.4 Å². The fourth-order valence-electron chi connectivity index (χ4n) is 2.78. The number of nitrogens with zero attached hydrogens (tertiary/aromatic N) is 2. The van der Waals surface area contributed by atoms with Crippen LogP contribution in [-0.4, -0.2) is 22.9 Å². The predicted molar refractivity (Wildman–Crippen MR) is 133 cm³/mol. The average molecular weight is 521 g/mol. The summed E-state index contributed by atoms with van der Waals surface area (Å²) in [5.41, 5.74) is 5.40. The number of benzene rings is 3. The van der Waals surface area contributed by atoms with Crippen LogP contribution in [0.15, 0.2) is 75.4 Å². The molecule has 0 atom stereocenters. The second kappa shape index (κ2) is 10.9. The van der Waals surface area contributed by atoms with Crippen LogP contribution in [-0.2, 0) is 11.4 Å². The van der Waals surface area contributed by atoms with Crippen molar-refractivity contribution in [1.29, 1.82) is 0 Å². The van der Waals surface area contributed by atoms with E-state index < -0.39 is 0 Å². The lowest BCUT2D eigenvalue weighted by atomic mass is 10.2. The number of amides is 1. The largest absolute Gasteiger partial charge is 0.486 e. The van der Waals surface area contributed by atoms with E-state index in [2.05, 4.69) is 15.5 Å². The minimum absolute atomic E-state index is 0.100. The van der Waals surface area contributed by atoms with Crippen molar-refractivity contribution < 1.29 is 13.9 Å². The number of carbonyl (C=O) groups is 1. The van der Waals surface area contributed by atoms with Crippen molar-refractivity contribution in [1.82, 2.24) is 10.4 Å². The molecular formula is C23H16Cl3N3O3S. The molecule has 0 aliphatic carbocycles. The minimum Gasteiger partial charge on any atom is -0.486 e. The molecule has 0 unspecified atom stereocenters. The number of ether oxygens (including phenoxy) is 1. The number of hydrogen-bond donors (Lipinski definition) is 1. The summed E-state index contributed by atoms with van der Waals surface area (Å²) in [6, 6.07) is 18.0. The number of carbonyl (C=O) groups excluding carboxylic acids is 1. The molecule has 0 fully saturated rings. The lowest BCUT2D eigenvalue weighted by Crippen LogP contribution is -2.19. The fraction of sp³-hybridized carbons (Fsp3) is 0.0870. The molecule has 1 heterocycles. The highest BCUT2D eigenvalue weighted by molar-refractivity contribution is 7.99. The van der Waals surface area contributed by atoms with Crippen LogP contribution >= 0.6 is 46.6 Å². The third-order valence-corrected chi connectivity index (χ3v) is 5.96. The Hall–Kier alpha value is -2.71. The van der Waals surface area contributed by atoms with Gasteiger partial charge in [0.1, 0.15) is 12.1 Å². The van der Waals surface area contributed by atoms with Crippen LogP contribution in [0.3, 0.4) is 0 Å². The maximum absolute atomic E-state index is 12.1. The van der Waals surface area contributed by atoms with Gasteiger partial charge in [0.05, 0.1) is 22.0 Å². The van der Waals surface area contributed by atoms with Gasteiger partial charge in [-0.15, -0.1) is 0 Å². The van der Waals surface area contributed by atoms with Gasteiger partial charge in [-0.1, -0.05) is 70.8 Å². The summed E-state index contributed by atoms with van der Waals surface area (Å²) in [5, 5.41) is 5.68. The monoisotopic (exact) mass is 519 g/mol. The van der Waals surface area contributed by atoms with E-state index in [0.717, 1.165) is 11.1 Å². The Bertz CT molecular complexity index is 1250. The number of halogens is 3. The molecule has 6 nitrogen and oxygen atoms in total. The van der Waals surface area contributed by atoms with Crippen LogP contribution in [0.1, 0.15) is 11.1 Å². The van der Waals surface area contributed by atoms with Crippen LogP contribution < -0.4 is 10.2 Å². The van der Waals surface area contributed by atoms with Crippen LogP contribution in [0.4, 0.5) is 0 Å². The standard InChI is InChI=1S/C23H16Cl3N3O3S/c24-16-7-5-14(6-8-16)12-31-22-17(25)9-15(10-18(22)26)11-27-29-21(30)13-33-23-28-19-3-1-2-4-20(19)32-23/h1-11H,12-13H2,(H,29,30)/b27-11-. The summed E-state index contributed by atoms with van der Waals surface area (Å²) in [6.45, 7) is 0.290. The van der Waals surface area contributed by atoms with E-state index in [1.54, 1.807) is 24.3 Å². The van der Waals surface area contributed by atoms with E-state index in [1.165, 1.54) is 18.0 Å². The smallest absolute Gasteiger partial charge is 0.257 e. The number of rotatable bonds is 8. The number of fused-ring (bicyclic) bond motifs is 1. The zero-order chi connectivity index (χ0) is 23.2. The molecular weight excluding hydrogens is 505 g/mol. The summed E-state index contributed by atoms with van der Waals surface area (Å²) in [7, 11) is 0. The topological polar surface area (TPSA) is 76.7 Å². The van der Waals surface area contributed by atoms with Crippen molar-refractivity contribution in [3.8, 4) is 5.75 Å². The second-order valence-corrected chi connectivity index (χ2v) is 8.94. The molecule has 4 aromatic rings. The molecule has 0 saturated carbocycles. The summed E-state index contributed by atoms with van der Waals surface area (Å²) in [6.07, 6.45) is 1.45. The third kappa shape index (κ3) is 6.42. The SMILES string of the molecule is O=C(CSc1nc2ccccc2o1)N/N=C\c1cc(Cl)c(OCc2ccc(Cl)cc2)c(Cl)c1. The van der Waals surface area contributed by atoms with E-state index in [9.17, 15) is 4.79 Å². The van der Waals surface area contributed by atoms with E-state index >= 15 is 0 Å². The molecule has 0 saturated heterocycles. The lowest BCUT2D eigenvalue weighted by molar-refractivity contribution is -0.118. The lowest BCUT2D eigenvalue weighted by Gasteiger charge is -2.11. The molecule has 10 heteroatoms. The normalized spacial score (nSPS) is 11.2. The molecule has 1 N–H and O–H groups in total. The summed E-state index contributed by atoms with van der Waals surface area (Å²) in [4.78, 5) is 16.4. The Morgan fingerprint density at radius 1 is 1.09 bits per heavy atom. The molecule has 0 aliphatic heterocycles. The Balaban J connectivity index is 1.30. The first-order valence-electron chi connectivity index (χ1n) is 9.64. The van der Waals surface area contributed by atoms with Crippen LogP contribution in [0, 0.1) is 0 Å². The van der Waals surface area contributed by atoms with Gasteiger partial charge in [0.2, 0.25) is 0 Å². The van der Waals surface area contributed by atoms with Gasteiger partial charge in [0, 0.05) is 5.02 Å². The Labute approximate surface area is 208 Å². The Morgan fingerprint density at radius 2 is 1.82 bits per heavy atom. The molecule has 0 spiro atoms. The van der Waals surface area contributed by atoms with Gasteiger partial charge in [0.25, 0.3) is 11.1 Å². The molecule has 4 rings (SSSR count). The zero-order valence-corrected chi connectivity index (χ0v) is 20.0. The van der Waals surface area contributed by atoms with Gasteiger partial charge in [-0.05, 0) is 47.5 Å². The van der Waals surface area contributed by atoms with Crippen molar-refractivity contribution in [2.24, 2.45) is 5.10 Å². The van der Waals surface area contributed by atoms with Crippen LogP contribution in [0.2, 0.25) is 15.1 Å². The first kappa shape index (κ1) is 23.4. The summed E-state index contributed by atoms with van der Waals surface area (Å²) >= 11 is 19.7. The summed E-state index contributed by atoms with van der Waals surface area (Å²) < 4.78 is 11.3. The number of hydrazone groups is 1. The van der Waals surface area contributed by atoms with Gasteiger partial charge in [0.15, 0.2) is 11.3 Å². The number of aromatic nitrogens is 1. The van der Waals surface area contributed by atoms with Crippen molar-refractivity contribution >= 4 is 69.8 Å². The van der Waals surface area contributed by atoms with Crippen molar-refractivity contribution in [2.75, 3.05) is 5.75 Å². The highest BCUT2D eigenvalue weighted by Crippen LogP contribution is 2.34. The summed E-state index contributed by atoms with van der Waals surface area (Å²) in [5.74, 6) is 0.159. The molecule has 33 heavy (non-hydrogen) atoms. The van der Waals surface area contributed by atoms with Crippen molar-refractivity contribution in [2.45, 2.75) is 11.8 Å². The van der Waals surface area contributed by atoms with E-state index in [0.29, 0.717) is 37.2 Å². The molecule has 168 valence electrons. The average Bonchev–Trinajstić information content (AvgIpc) is 3.21. The second-order valence-electron chi connectivity index (χ2n) is 6.76. The highest BCUT2D eigenvalue weighted by atomic mass is 35.5. The third-order valence-electron chi connectivity index (χ3n) is 4.32. The van der Waals surface area contributed by atoms with Crippen LogP contribution in [0.25, 0.3) is 11.1 Å². The van der Waals surface area contributed by atoms with Crippen LogP contribution in [0.5, 0.6) is 5.75 Å². The predicted octanol–water partition coefficient (Wildman–Crippen LogP) is 6.61. The molecule has 0 radical (unpaired) electrons. The maximum atomic E-state index is 12.1. The van der Waals surface area contributed by atoms with E-state index in [4.69, 9.17) is 44.0 Å². The van der Waals surface area contributed by atoms with E-state index in [-0.39, 0.29) is 18.3 Å². The number of nitrogens with one attached hydrogen (secondary N) is 1. The Morgan fingerprint density at radius 3 is 2.55 bits per heavy atom. The van der Waals surface area contributed by atoms with E-state index in [1.807, 2.05) is 36.4 Å². The minimum atomic E-state index is -0.307. The molecule has 0 bridgehead atoms. The fourth-order valence-corrected chi connectivity index (χ4v) is 4.15. The number of oxazole rings is 1. The number of para-hydroxylation sites is 2. The van der Waals surface area contributed by atoms with Gasteiger partial charge < -0.3 is 9.15 Å². The highest BCUT2D eigenvalue weighted by Gasteiger charge is 2.11. The van der Waals surface area contributed by atoms with Gasteiger partial charge >= 0.3 is 0 Å². The Kier molecular flexibility index (Phi) is 7.77. The van der Waals surface area contributed by atoms with Gasteiger partial charge in [-0.3, -0.25) is 4.79 Å². The maximum Gasteiger partial charge on any atom is 0.257 e. The number of hydrogen-bond acceptors (Lipinski definition) is 6. The van der Waals surface area contributed by atoms with Crippen molar-refractivity contribution in [3.05, 3.63) is 86.9 Å². The molecule has 1 aromatic heterocycles. The molecule has 0 aliphatic rings. The van der Waals surface area contributed by atoms with Crippen molar-refractivity contribution in [3.63, 3.8) is 0 Å². The molecule has 1 amide bonds. The first-order valence-corrected chi connectivity index (χ1v) is 11.8. The molecule has 3 aromatic carbocycles. The zero-order valence-electron chi connectivity index (χ0n) is 16.9. The number of thioether (sulfide) groups is 1. The van der Waals surface area contributed by atoms with Gasteiger partial charge in [-0.2, -0.15) is 5.10 Å². The first-order chi connectivity index (χ1) is 16.0. The quantitative estimate of drug-likeness (QED) is 0.161.